The van der Waals surface area contributed by atoms with Crippen LogP contribution in [0.1, 0.15) is 12.5 Å². The summed E-state index contributed by atoms with van der Waals surface area (Å²) in [6.07, 6.45) is 0.194. The van der Waals surface area contributed by atoms with E-state index < -0.39 is 10.0 Å². The Morgan fingerprint density at radius 3 is 2.46 bits per heavy atom. The van der Waals surface area contributed by atoms with Crippen molar-refractivity contribution in [3.05, 3.63) is 48.0 Å². The lowest BCUT2D eigenvalue weighted by Gasteiger charge is -2.10. The molecule has 138 valence electrons. The van der Waals surface area contributed by atoms with Crippen LogP contribution < -0.4 is 19.5 Å². The number of hydrogen-bond donors (Lipinski definition) is 2. The molecule has 2 aromatic rings. The first-order chi connectivity index (χ1) is 12.5. The Morgan fingerprint density at radius 2 is 1.77 bits per heavy atom. The summed E-state index contributed by atoms with van der Waals surface area (Å²) in [5.74, 6) is 1.26. The molecule has 0 unspecified atom stereocenters. The van der Waals surface area contributed by atoms with E-state index in [0.717, 1.165) is 5.75 Å². The standard InChI is InChI=1S/C18H20N2O5S/c1-2-24-14-3-5-15(6-4-14)25-10-9-19-26(22,23)16-7-8-17-13(11-16)12-18(21)20-17/h3-8,11,19H,2,9-10,12H2,1H3,(H,20,21). The third kappa shape index (κ3) is 4.33. The molecule has 8 heteroatoms. The third-order valence-corrected chi connectivity index (χ3v) is 5.27. The van der Waals surface area contributed by atoms with Crippen LogP contribution in [0.2, 0.25) is 0 Å². The van der Waals surface area contributed by atoms with Gasteiger partial charge in [0.25, 0.3) is 0 Å². The van der Waals surface area contributed by atoms with Gasteiger partial charge in [-0.2, -0.15) is 0 Å². The maximum atomic E-state index is 12.4. The summed E-state index contributed by atoms with van der Waals surface area (Å²) in [5.41, 5.74) is 1.34. The van der Waals surface area contributed by atoms with E-state index >= 15 is 0 Å². The summed E-state index contributed by atoms with van der Waals surface area (Å²) in [6.45, 7) is 2.82. The molecule has 3 rings (SSSR count). The molecule has 1 aliphatic rings. The highest BCUT2D eigenvalue weighted by Gasteiger charge is 2.21. The van der Waals surface area contributed by atoms with Crippen molar-refractivity contribution in [2.24, 2.45) is 0 Å². The first-order valence-electron chi connectivity index (χ1n) is 8.26. The Bertz CT molecular complexity index is 894. The lowest BCUT2D eigenvalue weighted by atomic mass is 10.2. The van der Waals surface area contributed by atoms with Crippen molar-refractivity contribution in [2.75, 3.05) is 25.1 Å². The van der Waals surface area contributed by atoms with Crippen LogP contribution in [0.25, 0.3) is 0 Å². The molecule has 0 aliphatic carbocycles. The van der Waals surface area contributed by atoms with Crippen molar-refractivity contribution in [3.63, 3.8) is 0 Å². The lowest BCUT2D eigenvalue weighted by molar-refractivity contribution is -0.115. The van der Waals surface area contributed by atoms with E-state index in [0.29, 0.717) is 23.6 Å². The molecule has 1 heterocycles. The molecule has 0 atom stereocenters. The minimum atomic E-state index is -3.66. The Hall–Kier alpha value is -2.58. The van der Waals surface area contributed by atoms with Crippen LogP contribution >= 0.6 is 0 Å². The summed E-state index contributed by atoms with van der Waals surface area (Å²) in [7, 11) is -3.66. The van der Waals surface area contributed by atoms with E-state index in [4.69, 9.17) is 9.47 Å². The number of ether oxygens (including phenoxy) is 2. The molecule has 0 saturated carbocycles. The predicted octanol–water partition coefficient (Wildman–Crippen LogP) is 1.94. The van der Waals surface area contributed by atoms with Gasteiger partial charge in [0.05, 0.1) is 17.9 Å². The van der Waals surface area contributed by atoms with Gasteiger partial charge < -0.3 is 14.8 Å². The minimum Gasteiger partial charge on any atom is -0.494 e. The lowest BCUT2D eigenvalue weighted by Crippen LogP contribution is -2.28. The van der Waals surface area contributed by atoms with E-state index in [1.54, 1.807) is 30.3 Å². The Labute approximate surface area is 152 Å². The van der Waals surface area contributed by atoms with Crippen LogP contribution in [0, 0.1) is 0 Å². The monoisotopic (exact) mass is 376 g/mol. The molecule has 0 saturated heterocycles. The van der Waals surface area contributed by atoms with Gasteiger partial charge in [0, 0.05) is 12.2 Å². The minimum absolute atomic E-state index is 0.129. The zero-order valence-corrected chi connectivity index (χ0v) is 15.1. The first kappa shape index (κ1) is 18.2. The smallest absolute Gasteiger partial charge is 0.240 e. The van der Waals surface area contributed by atoms with Gasteiger partial charge in [-0.15, -0.1) is 0 Å². The molecule has 0 aromatic heterocycles. The second kappa shape index (κ2) is 7.76. The number of fused-ring (bicyclic) bond motifs is 1. The zero-order chi connectivity index (χ0) is 18.6. The Morgan fingerprint density at radius 1 is 1.08 bits per heavy atom. The number of anilines is 1. The number of carbonyl (C=O) groups is 1. The second-order valence-corrected chi connectivity index (χ2v) is 7.46. The summed E-state index contributed by atoms with van der Waals surface area (Å²) in [6, 6.07) is 11.7. The summed E-state index contributed by atoms with van der Waals surface area (Å²) in [5, 5.41) is 2.68. The topological polar surface area (TPSA) is 93.7 Å². The molecule has 0 bridgehead atoms. The van der Waals surface area contributed by atoms with Gasteiger partial charge in [-0.3, -0.25) is 4.79 Å². The number of hydrogen-bond acceptors (Lipinski definition) is 5. The fraction of sp³-hybridized carbons (Fsp3) is 0.278. The molecule has 1 aliphatic heterocycles. The van der Waals surface area contributed by atoms with Gasteiger partial charge in [0.15, 0.2) is 0 Å². The van der Waals surface area contributed by atoms with E-state index in [2.05, 4.69) is 10.0 Å². The highest BCUT2D eigenvalue weighted by molar-refractivity contribution is 7.89. The van der Waals surface area contributed by atoms with Gasteiger partial charge in [-0.1, -0.05) is 0 Å². The van der Waals surface area contributed by atoms with Crippen LogP contribution in [0.4, 0.5) is 5.69 Å². The van der Waals surface area contributed by atoms with Crippen molar-refractivity contribution < 1.29 is 22.7 Å². The molecule has 2 aromatic carbocycles. The third-order valence-electron chi connectivity index (χ3n) is 3.81. The molecule has 7 nitrogen and oxygen atoms in total. The van der Waals surface area contributed by atoms with Crippen LogP contribution in [0.3, 0.4) is 0 Å². The normalized spacial score (nSPS) is 13.2. The van der Waals surface area contributed by atoms with Gasteiger partial charge >= 0.3 is 0 Å². The molecular formula is C18H20N2O5S. The van der Waals surface area contributed by atoms with Crippen molar-refractivity contribution >= 4 is 21.6 Å². The average Bonchev–Trinajstić information content (AvgIpc) is 2.99. The number of carbonyl (C=O) groups excluding carboxylic acids is 1. The van der Waals surface area contributed by atoms with Crippen molar-refractivity contribution in [2.45, 2.75) is 18.2 Å². The number of sulfonamides is 1. The maximum absolute atomic E-state index is 12.4. The zero-order valence-electron chi connectivity index (χ0n) is 14.3. The van der Waals surface area contributed by atoms with Crippen molar-refractivity contribution in [1.82, 2.24) is 4.72 Å². The summed E-state index contributed by atoms with van der Waals surface area (Å²) < 4.78 is 38.1. The Kier molecular flexibility index (Phi) is 5.43. The fourth-order valence-corrected chi connectivity index (χ4v) is 3.66. The number of benzene rings is 2. The van der Waals surface area contributed by atoms with Crippen LogP contribution in [-0.4, -0.2) is 34.1 Å². The van der Waals surface area contributed by atoms with Crippen LogP contribution in [-0.2, 0) is 21.2 Å². The van der Waals surface area contributed by atoms with Crippen molar-refractivity contribution in [1.29, 1.82) is 0 Å². The van der Waals surface area contributed by atoms with Crippen molar-refractivity contribution in [3.8, 4) is 11.5 Å². The number of amides is 1. The van der Waals surface area contributed by atoms with E-state index in [1.165, 1.54) is 12.1 Å². The molecule has 2 N–H and O–H groups in total. The Balaban J connectivity index is 1.52. The van der Waals surface area contributed by atoms with E-state index in [-0.39, 0.29) is 30.4 Å². The second-order valence-electron chi connectivity index (χ2n) is 5.69. The quantitative estimate of drug-likeness (QED) is 0.687. The molecule has 0 fully saturated rings. The predicted molar refractivity (Wildman–Crippen MR) is 97.1 cm³/mol. The fourth-order valence-electron chi connectivity index (χ4n) is 2.60. The van der Waals surface area contributed by atoms with E-state index in [9.17, 15) is 13.2 Å². The van der Waals surface area contributed by atoms with Crippen LogP contribution in [0.15, 0.2) is 47.4 Å². The molecule has 0 radical (unpaired) electrons. The van der Waals surface area contributed by atoms with Gasteiger partial charge in [0.1, 0.15) is 18.1 Å². The number of rotatable bonds is 8. The summed E-state index contributed by atoms with van der Waals surface area (Å²) in [4.78, 5) is 11.5. The molecule has 0 spiro atoms. The first-order valence-corrected chi connectivity index (χ1v) is 9.74. The maximum Gasteiger partial charge on any atom is 0.240 e. The summed E-state index contributed by atoms with van der Waals surface area (Å²) >= 11 is 0. The largest absolute Gasteiger partial charge is 0.494 e. The highest BCUT2D eigenvalue weighted by Crippen LogP contribution is 2.25. The average molecular weight is 376 g/mol. The molecule has 26 heavy (non-hydrogen) atoms. The van der Waals surface area contributed by atoms with Gasteiger partial charge in [0.2, 0.25) is 15.9 Å². The number of nitrogens with one attached hydrogen (secondary N) is 2. The molecule has 1 amide bonds. The van der Waals surface area contributed by atoms with Crippen LogP contribution in [0.5, 0.6) is 11.5 Å². The van der Waals surface area contributed by atoms with Gasteiger partial charge in [-0.05, 0) is 55.0 Å². The van der Waals surface area contributed by atoms with E-state index in [1.807, 2.05) is 6.92 Å². The van der Waals surface area contributed by atoms with Gasteiger partial charge in [-0.25, -0.2) is 13.1 Å². The molecular weight excluding hydrogens is 356 g/mol. The SMILES string of the molecule is CCOc1ccc(OCCNS(=O)(=O)c2ccc3c(c2)CC(=O)N3)cc1. The highest BCUT2D eigenvalue weighted by atomic mass is 32.2.